The Hall–Kier alpha value is -4.10. The van der Waals surface area contributed by atoms with Gasteiger partial charge in [-0.3, -0.25) is 10.1 Å². The third-order valence-corrected chi connectivity index (χ3v) is 7.30. The number of halogens is 4. The molecule has 14 heteroatoms. The van der Waals surface area contributed by atoms with Gasteiger partial charge in [-0.15, -0.1) is 0 Å². The standard InChI is InChI=1S/C23H21F4N7O3/c24-12-9-11(17-16(18(28)35)19-29-8-7-21(3-4-21)34(19)32-17)1-2-13(12)30-20(36)31-15-10-14(37-33-15)22(5-6-22)23(25,26)27/h1-2,9-10,29H,3-8H2,(H2,28,35)(H2,30,31,33,36). The first-order valence-corrected chi connectivity index (χ1v) is 11.6. The second kappa shape index (κ2) is 7.70. The van der Waals surface area contributed by atoms with Crippen LogP contribution in [-0.2, 0) is 11.0 Å². The summed E-state index contributed by atoms with van der Waals surface area (Å²) in [5.74, 6) is -1.64. The number of carbonyl (C=O) groups excluding carboxylic acids is 2. The van der Waals surface area contributed by atoms with Crippen LogP contribution in [0.5, 0.6) is 0 Å². The molecule has 0 radical (unpaired) electrons. The van der Waals surface area contributed by atoms with Gasteiger partial charge in [-0.05, 0) is 44.2 Å². The molecule has 0 bridgehead atoms. The molecule has 1 aliphatic heterocycles. The molecule has 0 saturated heterocycles. The topological polar surface area (TPSA) is 140 Å². The molecule has 5 N–H and O–H groups in total. The van der Waals surface area contributed by atoms with E-state index in [0.29, 0.717) is 17.9 Å². The van der Waals surface area contributed by atoms with Crippen molar-refractivity contribution < 1.29 is 31.7 Å². The van der Waals surface area contributed by atoms with E-state index in [1.54, 1.807) is 4.68 Å². The van der Waals surface area contributed by atoms with Gasteiger partial charge in [-0.25, -0.2) is 13.9 Å². The number of urea groups is 1. The van der Waals surface area contributed by atoms with E-state index in [-0.39, 0.29) is 46.9 Å². The Kier molecular flexibility index (Phi) is 4.85. The largest absolute Gasteiger partial charge is 0.401 e. The summed E-state index contributed by atoms with van der Waals surface area (Å²) >= 11 is 0. The summed E-state index contributed by atoms with van der Waals surface area (Å²) in [6.07, 6.45) is -2.02. The number of benzene rings is 1. The van der Waals surface area contributed by atoms with Crippen LogP contribution in [0.15, 0.2) is 28.8 Å². The molecule has 2 aliphatic carbocycles. The Morgan fingerprint density at radius 3 is 2.49 bits per heavy atom. The van der Waals surface area contributed by atoms with Crippen LogP contribution in [-0.4, -0.2) is 39.6 Å². The highest BCUT2D eigenvalue weighted by Gasteiger charge is 2.67. The van der Waals surface area contributed by atoms with E-state index in [1.807, 2.05) is 0 Å². The van der Waals surface area contributed by atoms with Gasteiger partial charge in [0.25, 0.3) is 5.91 Å². The Balaban J connectivity index is 1.20. The minimum absolute atomic E-state index is 0.122. The molecule has 194 valence electrons. The molecular weight excluding hydrogens is 498 g/mol. The fourth-order valence-corrected chi connectivity index (χ4v) is 4.87. The van der Waals surface area contributed by atoms with Crippen molar-refractivity contribution in [3.8, 4) is 11.3 Å². The van der Waals surface area contributed by atoms with Crippen LogP contribution in [0.3, 0.4) is 0 Å². The highest BCUT2D eigenvalue weighted by molar-refractivity contribution is 6.04. The highest BCUT2D eigenvalue weighted by Crippen LogP contribution is 2.59. The molecule has 37 heavy (non-hydrogen) atoms. The number of anilines is 3. The molecule has 2 saturated carbocycles. The average Bonchev–Trinajstić information content (AvgIpc) is 3.71. The van der Waals surface area contributed by atoms with Gasteiger partial charge in [-0.2, -0.15) is 18.3 Å². The van der Waals surface area contributed by atoms with Crippen molar-refractivity contribution in [3.05, 3.63) is 41.4 Å². The lowest BCUT2D eigenvalue weighted by Gasteiger charge is -2.25. The summed E-state index contributed by atoms with van der Waals surface area (Å²) in [6, 6.07) is 3.95. The molecule has 3 aliphatic rings. The number of amides is 3. The van der Waals surface area contributed by atoms with Crippen LogP contribution in [0.25, 0.3) is 11.3 Å². The lowest BCUT2D eigenvalue weighted by molar-refractivity contribution is -0.165. The van der Waals surface area contributed by atoms with Crippen molar-refractivity contribution in [2.75, 3.05) is 22.5 Å². The minimum Gasteiger partial charge on any atom is -0.369 e. The maximum atomic E-state index is 14.9. The van der Waals surface area contributed by atoms with Gasteiger partial charge in [-0.1, -0.05) is 11.2 Å². The second-order valence-corrected chi connectivity index (χ2v) is 9.68. The summed E-state index contributed by atoms with van der Waals surface area (Å²) in [7, 11) is 0. The third-order valence-electron chi connectivity index (χ3n) is 7.30. The summed E-state index contributed by atoms with van der Waals surface area (Å²) in [5.41, 5.74) is 3.87. The van der Waals surface area contributed by atoms with Crippen LogP contribution in [0.1, 0.15) is 48.2 Å². The molecule has 3 aromatic rings. The van der Waals surface area contributed by atoms with Crippen molar-refractivity contribution in [1.29, 1.82) is 0 Å². The van der Waals surface area contributed by atoms with Gasteiger partial charge in [0.1, 0.15) is 28.3 Å². The Morgan fingerprint density at radius 1 is 1.11 bits per heavy atom. The van der Waals surface area contributed by atoms with E-state index in [1.165, 1.54) is 12.1 Å². The lowest BCUT2D eigenvalue weighted by Crippen LogP contribution is -2.30. The predicted octanol–water partition coefficient (Wildman–Crippen LogP) is 4.32. The summed E-state index contributed by atoms with van der Waals surface area (Å²) in [5, 5.41) is 15.7. The minimum atomic E-state index is -4.49. The van der Waals surface area contributed by atoms with Crippen LogP contribution < -0.4 is 21.7 Å². The third kappa shape index (κ3) is 3.69. The number of aromatic nitrogens is 3. The van der Waals surface area contributed by atoms with E-state index in [4.69, 9.17) is 10.3 Å². The summed E-state index contributed by atoms with van der Waals surface area (Å²) < 4.78 is 61.3. The van der Waals surface area contributed by atoms with Gasteiger partial charge >= 0.3 is 12.2 Å². The van der Waals surface area contributed by atoms with E-state index in [0.717, 1.165) is 31.4 Å². The second-order valence-electron chi connectivity index (χ2n) is 9.68. The number of nitrogens with two attached hydrogens (primary N) is 1. The van der Waals surface area contributed by atoms with Gasteiger partial charge in [0.05, 0.1) is 11.2 Å². The molecular formula is C23H21F4N7O3. The van der Waals surface area contributed by atoms with E-state index < -0.39 is 29.3 Å². The Morgan fingerprint density at radius 2 is 1.86 bits per heavy atom. The predicted molar refractivity (Wildman–Crippen MR) is 123 cm³/mol. The summed E-state index contributed by atoms with van der Waals surface area (Å²) in [4.78, 5) is 24.6. The number of nitrogens with one attached hydrogen (secondary N) is 3. The Bertz CT molecular complexity index is 1440. The maximum absolute atomic E-state index is 14.9. The number of hydrogen-bond donors (Lipinski definition) is 4. The zero-order valence-electron chi connectivity index (χ0n) is 19.2. The van der Waals surface area contributed by atoms with Crippen LogP contribution in [0, 0.1) is 5.82 Å². The monoisotopic (exact) mass is 519 g/mol. The fourth-order valence-electron chi connectivity index (χ4n) is 4.87. The van der Waals surface area contributed by atoms with Crippen molar-refractivity contribution in [2.45, 2.75) is 49.2 Å². The van der Waals surface area contributed by atoms with E-state index >= 15 is 0 Å². The number of hydrogen-bond acceptors (Lipinski definition) is 6. The Labute approximate surface area is 206 Å². The van der Waals surface area contributed by atoms with Gasteiger partial charge < -0.3 is 20.9 Å². The van der Waals surface area contributed by atoms with Crippen molar-refractivity contribution >= 4 is 29.3 Å². The van der Waals surface area contributed by atoms with Gasteiger partial charge in [0.2, 0.25) is 0 Å². The first-order chi connectivity index (χ1) is 17.5. The zero-order valence-corrected chi connectivity index (χ0v) is 19.2. The quantitative estimate of drug-likeness (QED) is 0.370. The average molecular weight is 519 g/mol. The molecule has 1 aromatic carbocycles. The van der Waals surface area contributed by atoms with Crippen molar-refractivity contribution in [3.63, 3.8) is 0 Å². The first kappa shape index (κ1) is 23.3. The number of rotatable bonds is 5. The molecule has 1 spiro atoms. The lowest BCUT2D eigenvalue weighted by atomic mass is 10.0. The fraction of sp³-hybridized carbons (Fsp3) is 0.391. The van der Waals surface area contributed by atoms with Gasteiger partial charge in [0, 0.05) is 18.2 Å². The molecule has 2 fully saturated rings. The van der Waals surface area contributed by atoms with Crippen molar-refractivity contribution in [1.82, 2.24) is 14.9 Å². The molecule has 6 rings (SSSR count). The molecule has 10 nitrogen and oxygen atoms in total. The number of carbonyl (C=O) groups is 2. The van der Waals surface area contributed by atoms with E-state index in [9.17, 15) is 27.2 Å². The normalized spacial score (nSPS) is 18.6. The molecule has 3 amide bonds. The van der Waals surface area contributed by atoms with E-state index in [2.05, 4.69) is 26.2 Å². The zero-order chi connectivity index (χ0) is 26.2. The SMILES string of the molecule is NC(=O)c1c(-c2ccc(NC(=O)Nc3cc(C4(C(F)(F)F)CC4)on3)c(F)c2)nn2c1NCCC21CC1. The van der Waals surface area contributed by atoms with Crippen LogP contribution in [0.4, 0.5) is 39.7 Å². The number of nitrogens with zero attached hydrogens (tertiary/aromatic N) is 3. The molecule has 0 unspecified atom stereocenters. The first-order valence-electron chi connectivity index (χ1n) is 11.6. The van der Waals surface area contributed by atoms with Crippen LogP contribution in [0.2, 0.25) is 0 Å². The maximum Gasteiger partial charge on any atom is 0.401 e. The molecule has 2 aromatic heterocycles. The number of fused-ring (bicyclic) bond motifs is 2. The number of primary amides is 1. The number of alkyl halides is 3. The smallest absolute Gasteiger partial charge is 0.369 e. The molecule has 0 atom stereocenters. The van der Waals surface area contributed by atoms with Crippen molar-refractivity contribution in [2.24, 2.45) is 5.73 Å². The van der Waals surface area contributed by atoms with Gasteiger partial charge in [0.15, 0.2) is 11.6 Å². The van der Waals surface area contributed by atoms with Crippen LogP contribution >= 0.6 is 0 Å². The molecule has 3 heterocycles. The summed E-state index contributed by atoms with van der Waals surface area (Å²) in [6.45, 7) is 0.669. The highest BCUT2D eigenvalue weighted by atomic mass is 19.4.